The summed E-state index contributed by atoms with van der Waals surface area (Å²) >= 11 is 0. The minimum atomic E-state index is -0.449. The Hall–Kier alpha value is -3.78. The van der Waals surface area contributed by atoms with Crippen LogP contribution in [0.1, 0.15) is 46.0 Å². The maximum absolute atomic E-state index is 12.4. The van der Waals surface area contributed by atoms with E-state index in [1.165, 1.54) is 12.4 Å². The van der Waals surface area contributed by atoms with Crippen LogP contribution < -0.4 is 5.32 Å². The van der Waals surface area contributed by atoms with Gasteiger partial charge >= 0.3 is 11.9 Å². The second-order valence-electron chi connectivity index (χ2n) is 7.76. The fraction of sp³-hybridized carbons (Fsp3) is 0.280. The smallest absolute Gasteiger partial charge is 0.357 e. The Balaban J connectivity index is 1.48. The van der Waals surface area contributed by atoms with Crippen molar-refractivity contribution in [3.63, 3.8) is 0 Å². The number of nitrogens with zero attached hydrogens (tertiary/aromatic N) is 3. The minimum absolute atomic E-state index is 0.293. The fourth-order valence-corrected chi connectivity index (χ4v) is 3.87. The maximum Gasteiger partial charge on any atom is 0.357 e. The summed E-state index contributed by atoms with van der Waals surface area (Å²) < 4.78 is 5.00. The molecule has 1 aliphatic rings. The van der Waals surface area contributed by atoms with Gasteiger partial charge in [0, 0.05) is 25.5 Å². The van der Waals surface area contributed by atoms with Crippen molar-refractivity contribution in [1.29, 1.82) is 0 Å². The maximum atomic E-state index is 12.4. The van der Waals surface area contributed by atoms with Gasteiger partial charge in [-0.3, -0.25) is 0 Å². The molecule has 3 aromatic rings. The van der Waals surface area contributed by atoms with Gasteiger partial charge < -0.3 is 14.9 Å². The highest BCUT2D eigenvalue weighted by atomic mass is 16.7. The van der Waals surface area contributed by atoms with E-state index in [2.05, 4.69) is 27.4 Å². The SMILES string of the molecule is CCOC(=O)c1cnc(NC2(c3ccccc3)CCN(OC(=O)c3ccccc3)CC2)nc1. The molecule has 8 heteroatoms. The number of esters is 1. The molecule has 1 fully saturated rings. The summed E-state index contributed by atoms with van der Waals surface area (Å²) in [4.78, 5) is 38.6. The van der Waals surface area contributed by atoms with Crippen LogP contribution in [0, 0.1) is 0 Å². The van der Waals surface area contributed by atoms with Gasteiger partial charge in [-0.15, -0.1) is 5.06 Å². The van der Waals surface area contributed by atoms with E-state index in [1.807, 2.05) is 36.4 Å². The number of ether oxygens (including phenoxy) is 1. The molecule has 0 radical (unpaired) electrons. The number of benzene rings is 2. The Morgan fingerprint density at radius 2 is 1.52 bits per heavy atom. The van der Waals surface area contributed by atoms with Crippen molar-refractivity contribution in [2.45, 2.75) is 25.3 Å². The number of aromatic nitrogens is 2. The van der Waals surface area contributed by atoms with Gasteiger partial charge in [-0.05, 0) is 37.5 Å². The summed E-state index contributed by atoms with van der Waals surface area (Å²) in [5.41, 5.74) is 1.48. The van der Waals surface area contributed by atoms with E-state index in [-0.39, 0.29) is 5.97 Å². The molecular formula is C25H26N4O4. The lowest BCUT2D eigenvalue weighted by Gasteiger charge is -2.41. The number of hydrogen-bond donors (Lipinski definition) is 1. The molecule has 1 aliphatic heterocycles. The van der Waals surface area contributed by atoms with E-state index in [4.69, 9.17) is 9.57 Å². The van der Waals surface area contributed by atoms with Crippen molar-refractivity contribution >= 4 is 17.9 Å². The zero-order valence-electron chi connectivity index (χ0n) is 18.4. The molecule has 0 amide bonds. The van der Waals surface area contributed by atoms with Crippen LogP contribution in [0.25, 0.3) is 0 Å². The van der Waals surface area contributed by atoms with Crippen molar-refractivity contribution in [2.75, 3.05) is 25.0 Å². The lowest BCUT2D eigenvalue weighted by atomic mass is 9.81. The summed E-state index contributed by atoms with van der Waals surface area (Å²) in [6.07, 6.45) is 4.26. The van der Waals surface area contributed by atoms with Gasteiger partial charge in [-0.25, -0.2) is 19.6 Å². The number of anilines is 1. The highest BCUT2D eigenvalue weighted by molar-refractivity contribution is 5.89. The second kappa shape index (κ2) is 10.2. The Morgan fingerprint density at radius 1 is 0.909 bits per heavy atom. The summed E-state index contributed by atoms with van der Waals surface area (Å²) in [5, 5.41) is 5.17. The monoisotopic (exact) mass is 446 g/mol. The number of nitrogens with one attached hydrogen (secondary N) is 1. The van der Waals surface area contributed by atoms with Crippen LogP contribution >= 0.6 is 0 Å². The molecule has 170 valence electrons. The molecule has 33 heavy (non-hydrogen) atoms. The summed E-state index contributed by atoms with van der Waals surface area (Å²) in [6.45, 7) is 3.13. The lowest BCUT2D eigenvalue weighted by Crippen LogP contribution is -2.48. The first-order valence-corrected chi connectivity index (χ1v) is 10.9. The highest BCUT2D eigenvalue weighted by Gasteiger charge is 2.38. The van der Waals surface area contributed by atoms with Gasteiger partial charge in [-0.2, -0.15) is 0 Å². The van der Waals surface area contributed by atoms with E-state index >= 15 is 0 Å². The minimum Gasteiger partial charge on any atom is -0.462 e. The van der Waals surface area contributed by atoms with Crippen LogP contribution in [-0.2, 0) is 15.1 Å². The zero-order chi connectivity index (χ0) is 23.1. The number of hydrogen-bond acceptors (Lipinski definition) is 8. The van der Waals surface area contributed by atoms with Crippen LogP contribution in [0.2, 0.25) is 0 Å². The number of rotatable bonds is 7. The molecule has 1 aromatic heterocycles. The number of piperidine rings is 1. The Morgan fingerprint density at radius 3 is 2.12 bits per heavy atom. The molecule has 0 saturated carbocycles. The molecule has 1 N–H and O–H groups in total. The molecule has 2 heterocycles. The predicted molar refractivity (Wildman–Crippen MR) is 122 cm³/mol. The largest absolute Gasteiger partial charge is 0.462 e. The van der Waals surface area contributed by atoms with E-state index in [0.29, 0.717) is 49.6 Å². The van der Waals surface area contributed by atoms with Gasteiger partial charge in [0.05, 0.1) is 23.3 Å². The molecule has 8 nitrogen and oxygen atoms in total. The predicted octanol–water partition coefficient (Wildman–Crippen LogP) is 3.83. The summed E-state index contributed by atoms with van der Waals surface area (Å²) in [7, 11) is 0. The van der Waals surface area contributed by atoms with Crippen LogP contribution in [0.4, 0.5) is 5.95 Å². The molecule has 1 saturated heterocycles. The lowest BCUT2D eigenvalue weighted by molar-refractivity contribution is -0.127. The average Bonchev–Trinajstić information content (AvgIpc) is 2.87. The molecule has 2 aromatic carbocycles. The number of carbonyl (C=O) groups is 2. The van der Waals surface area contributed by atoms with Crippen LogP contribution in [0.15, 0.2) is 73.1 Å². The van der Waals surface area contributed by atoms with Gasteiger partial charge in [0.1, 0.15) is 0 Å². The topological polar surface area (TPSA) is 93.6 Å². The average molecular weight is 447 g/mol. The second-order valence-corrected chi connectivity index (χ2v) is 7.76. The number of hydroxylamine groups is 2. The molecule has 0 aliphatic carbocycles. The standard InChI is InChI=1S/C25H26N4O4/c1-2-32-22(30)20-17-26-24(27-18-20)28-25(21-11-7-4-8-12-21)13-15-29(16-14-25)33-23(31)19-9-5-3-6-10-19/h3-12,17-18H,2,13-16H2,1H3,(H,26,27,28). The van der Waals surface area contributed by atoms with E-state index in [0.717, 1.165) is 5.56 Å². The van der Waals surface area contributed by atoms with Gasteiger partial charge in [-0.1, -0.05) is 48.5 Å². The quantitative estimate of drug-likeness (QED) is 0.548. The van der Waals surface area contributed by atoms with Gasteiger partial charge in [0.2, 0.25) is 5.95 Å². The zero-order valence-corrected chi connectivity index (χ0v) is 18.4. The van der Waals surface area contributed by atoms with Crippen molar-refractivity contribution in [3.05, 3.63) is 89.7 Å². The van der Waals surface area contributed by atoms with Gasteiger partial charge in [0.15, 0.2) is 0 Å². The fourth-order valence-electron chi connectivity index (χ4n) is 3.87. The molecule has 0 unspecified atom stereocenters. The van der Waals surface area contributed by atoms with Crippen molar-refractivity contribution in [1.82, 2.24) is 15.0 Å². The van der Waals surface area contributed by atoms with Crippen LogP contribution in [0.3, 0.4) is 0 Å². The van der Waals surface area contributed by atoms with Crippen LogP contribution in [-0.4, -0.2) is 46.7 Å². The third-order valence-electron chi connectivity index (χ3n) is 5.64. The normalized spacial score (nSPS) is 15.4. The highest BCUT2D eigenvalue weighted by Crippen LogP contribution is 2.36. The molecular weight excluding hydrogens is 420 g/mol. The summed E-state index contributed by atoms with van der Waals surface area (Å²) in [5.74, 6) is -0.398. The first-order chi connectivity index (χ1) is 16.1. The van der Waals surface area contributed by atoms with Crippen molar-refractivity contribution < 1.29 is 19.2 Å². The van der Waals surface area contributed by atoms with E-state index in [1.54, 1.807) is 24.1 Å². The third-order valence-corrected chi connectivity index (χ3v) is 5.64. The molecule has 0 atom stereocenters. The summed E-state index contributed by atoms with van der Waals surface area (Å²) in [6, 6.07) is 19.0. The molecule has 4 rings (SSSR count). The first kappa shape index (κ1) is 22.4. The van der Waals surface area contributed by atoms with Crippen molar-refractivity contribution in [3.8, 4) is 0 Å². The van der Waals surface area contributed by atoms with E-state index in [9.17, 15) is 9.59 Å². The number of carbonyl (C=O) groups excluding carboxylic acids is 2. The molecule has 0 spiro atoms. The van der Waals surface area contributed by atoms with Crippen LogP contribution in [0.5, 0.6) is 0 Å². The van der Waals surface area contributed by atoms with E-state index < -0.39 is 11.5 Å². The Bertz CT molecular complexity index is 1070. The Labute approximate surface area is 192 Å². The van der Waals surface area contributed by atoms with Crippen molar-refractivity contribution in [2.24, 2.45) is 0 Å². The van der Waals surface area contributed by atoms with Gasteiger partial charge in [0.25, 0.3) is 0 Å². The first-order valence-electron chi connectivity index (χ1n) is 10.9. The third kappa shape index (κ3) is 5.35. The Kier molecular flexibility index (Phi) is 6.95. The molecule has 0 bridgehead atoms.